The molecule has 1 aliphatic rings. The Bertz CT molecular complexity index is 936. The van der Waals surface area contributed by atoms with Crippen LogP contribution >= 0.6 is 0 Å². The molecule has 2 aromatic carbocycles. The van der Waals surface area contributed by atoms with Crippen molar-refractivity contribution in [2.75, 3.05) is 31.1 Å². The first kappa shape index (κ1) is 24.5. The van der Waals surface area contributed by atoms with Gasteiger partial charge in [-0.1, -0.05) is 0 Å². The van der Waals surface area contributed by atoms with E-state index in [-0.39, 0.29) is 17.5 Å². The van der Waals surface area contributed by atoms with Gasteiger partial charge < -0.3 is 14.5 Å². The molecule has 11 heteroatoms. The quantitative estimate of drug-likeness (QED) is 0.505. The summed E-state index contributed by atoms with van der Waals surface area (Å²) in [4.78, 5) is 35.4. The first-order valence-corrected chi connectivity index (χ1v) is 9.83. The fourth-order valence-electron chi connectivity index (χ4n) is 2.82. The summed E-state index contributed by atoms with van der Waals surface area (Å²) in [6, 6.07) is 10.8. The van der Waals surface area contributed by atoms with Gasteiger partial charge in [0.25, 0.3) is 11.4 Å². The van der Waals surface area contributed by atoms with E-state index >= 15 is 0 Å². The highest BCUT2D eigenvalue weighted by Gasteiger charge is 2.26. The molecule has 32 heavy (non-hydrogen) atoms. The summed E-state index contributed by atoms with van der Waals surface area (Å²) in [6.07, 6.45) is -0.296. The molecule has 0 N–H and O–H groups in total. The van der Waals surface area contributed by atoms with Gasteiger partial charge in [0.15, 0.2) is 0 Å². The minimum atomic E-state index is -0.570. The van der Waals surface area contributed by atoms with Gasteiger partial charge in [0.1, 0.15) is 11.4 Å². The van der Waals surface area contributed by atoms with Gasteiger partial charge in [-0.15, -0.1) is 0 Å². The largest absolute Gasteiger partial charge is 0.444 e. The monoisotopic (exact) mass is 448 g/mol. The molecule has 0 bridgehead atoms. The molecule has 0 aliphatic carbocycles. The Morgan fingerprint density at radius 2 is 1.31 bits per heavy atom. The summed E-state index contributed by atoms with van der Waals surface area (Å²) in [5.41, 5.74) is 0.416. The van der Waals surface area contributed by atoms with E-state index in [1.165, 1.54) is 12.1 Å². The van der Waals surface area contributed by atoms with Crippen molar-refractivity contribution in [3.05, 3.63) is 74.6 Å². The molecule has 1 saturated heterocycles. The lowest BCUT2D eigenvalue weighted by molar-refractivity contribution is -0.385. The summed E-state index contributed by atoms with van der Waals surface area (Å²) in [5.74, 6) is -0.467. The van der Waals surface area contributed by atoms with E-state index in [1.54, 1.807) is 17.0 Å². The second-order valence-corrected chi connectivity index (χ2v) is 7.96. The highest BCUT2D eigenvalue weighted by Crippen LogP contribution is 2.21. The van der Waals surface area contributed by atoms with Crippen LogP contribution < -0.4 is 4.90 Å². The first-order chi connectivity index (χ1) is 15.0. The molecule has 0 aromatic heterocycles. The van der Waals surface area contributed by atoms with Crippen molar-refractivity contribution >= 4 is 23.2 Å². The van der Waals surface area contributed by atoms with Crippen molar-refractivity contribution in [1.82, 2.24) is 4.90 Å². The Morgan fingerprint density at radius 3 is 1.72 bits per heavy atom. The summed E-state index contributed by atoms with van der Waals surface area (Å²) in [7, 11) is 0. The number of ether oxygens (including phenoxy) is 1. The molecule has 0 unspecified atom stereocenters. The van der Waals surface area contributed by atoms with Crippen molar-refractivity contribution in [3.8, 4) is 0 Å². The van der Waals surface area contributed by atoms with Crippen molar-refractivity contribution in [1.29, 1.82) is 0 Å². The number of amides is 1. The van der Waals surface area contributed by atoms with Crippen LogP contribution in [0.3, 0.4) is 0 Å². The number of hydrogen-bond acceptors (Lipinski definition) is 7. The number of benzene rings is 2. The van der Waals surface area contributed by atoms with Crippen molar-refractivity contribution in [2.24, 2.45) is 0 Å². The summed E-state index contributed by atoms with van der Waals surface area (Å²) in [5, 5.41) is 20.6. The third-order valence-electron chi connectivity index (χ3n) is 4.39. The number of rotatable bonds is 3. The summed E-state index contributed by atoms with van der Waals surface area (Å²) >= 11 is 0. The molecule has 1 heterocycles. The van der Waals surface area contributed by atoms with Crippen LogP contribution in [0.1, 0.15) is 20.8 Å². The van der Waals surface area contributed by atoms with Gasteiger partial charge in [-0.3, -0.25) is 20.2 Å². The molecule has 172 valence electrons. The lowest BCUT2D eigenvalue weighted by Gasteiger charge is -2.36. The average molecular weight is 448 g/mol. The fraction of sp³-hybridized carbons (Fsp3) is 0.381. The van der Waals surface area contributed by atoms with Gasteiger partial charge >= 0.3 is 6.09 Å². The Balaban J connectivity index is 0.000000303. The number of hydrogen-bond donors (Lipinski definition) is 0. The van der Waals surface area contributed by atoms with Crippen LogP contribution in [-0.2, 0) is 4.74 Å². The first-order valence-electron chi connectivity index (χ1n) is 9.83. The zero-order valence-electron chi connectivity index (χ0n) is 18.1. The van der Waals surface area contributed by atoms with E-state index in [2.05, 4.69) is 4.90 Å². The Hall–Kier alpha value is -3.76. The number of piperazine rings is 1. The number of non-ortho nitro benzene ring substituents is 2. The summed E-state index contributed by atoms with van der Waals surface area (Å²) in [6.45, 7) is 8.04. The van der Waals surface area contributed by atoms with E-state index in [0.717, 1.165) is 30.0 Å². The smallest absolute Gasteiger partial charge is 0.410 e. The molecule has 0 atom stereocenters. The third kappa shape index (κ3) is 7.49. The Labute approximate surface area is 184 Å². The molecule has 10 nitrogen and oxygen atoms in total. The van der Waals surface area contributed by atoms with Gasteiger partial charge in [-0.2, -0.15) is 0 Å². The normalized spacial score (nSPS) is 13.6. The maximum Gasteiger partial charge on any atom is 0.410 e. The predicted molar refractivity (Wildman–Crippen MR) is 116 cm³/mol. The van der Waals surface area contributed by atoms with Gasteiger partial charge in [0.2, 0.25) is 0 Å². The Morgan fingerprint density at radius 1 is 0.875 bits per heavy atom. The molecule has 2 aromatic rings. The van der Waals surface area contributed by atoms with Crippen LogP contribution in [0.2, 0.25) is 0 Å². The molecule has 1 fully saturated rings. The lowest BCUT2D eigenvalue weighted by atomic mass is 10.2. The molecule has 3 rings (SSSR count). The molecule has 1 aliphatic heterocycles. The van der Waals surface area contributed by atoms with Crippen molar-refractivity contribution < 1.29 is 23.8 Å². The molecular formula is C21H25FN4O6. The van der Waals surface area contributed by atoms with Gasteiger partial charge in [0, 0.05) is 56.1 Å². The van der Waals surface area contributed by atoms with E-state index in [1.807, 2.05) is 20.8 Å². The molecule has 1 amide bonds. The van der Waals surface area contributed by atoms with Crippen LogP contribution in [0.5, 0.6) is 0 Å². The third-order valence-corrected chi connectivity index (χ3v) is 4.39. The van der Waals surface area contributed by atoms with E-state index in [9.17, 15) is 29.4 Å². The molecule has 0 spiro atoms. The minimum absolute atomic E-state index is 0.0798. The van der Waals surface area contributed by atoms with Crippen molar-refractivity contribution in [2.45, 2.75) is 26.4 Å². The van der Waals surface area contributed by atoms with Crippen LogP contribution in [0.4, 0.5) is 26.2 Å². The topological polar surface area (TPSA) is 119 Å². The standard InChI is InChI=1S/C15H21N3O4.C6H4FNO2/c1-15(2,3)22-14(19)17-10-8-16(9-11-17)12-4-6-13(7-5-12)18(20)21;7-5-1-3-6(4-2-5)8(9)10/h4-7H,8-11H2,1-3H3;1-4H. The zero-order chi connectivity index (χ0) is 23.9. The van der Waals surface area contributed by atoms with Crippen LogP contribution in [0.15, 0.2) is 48.5 Å². The number of anilines is 1. The van der Waals surface area contributed by atoms with E-state index < -0.39 is 21.3 Å². The number of carbonyl (C=O) groups excluding carboxylic acids is 1. The SMILES string of the molecule is CC(C)(C)OC(=O)N1CCN(c2ccc([N+](=O)[O-])cc2)CC1.O=[N+]([O-])c1ccc(F)cc1. The number of nitro benzene ring substituents is 2. The number of carbonyl (C=O) groups is 1. The zero-order valence-corrected chi connectivity index (χ0v) is 18.1. The summed E-state index contributed by atoms with van der Waals surface area (Å²) < 4.78 is 17.5. The van der Waals surface area contributed by atoms with Crippen molar-refractivity contribution in [3.63, 3.8) is 0 Å². The Kier molecular flexibility index (Phi) is 8.05. The lowest BCUT2D eigenvalue weighted by Crippen LogP contribution is -2.50. The van der Waals surface area contributed by atoms with E-state index in [4.69, 9.17) is 4.74 Å². The maximum atomic E-state index is 12.1. The second kappa shape index (κ2) is 10.5. The number of nitro groups is 2. The van der Waals surface area contributed by atoms with Crippen LogP contribution in [0, 0.1) is 26.0 Å². The number of nitrogens with zero attached hydrogens (tertiary/aromatic N) is 4. The number of halogens is 1. The second-order valence-electron chi connectivity index (χ2n) is 7.96. The highest BCUT2D eigenvalue weighted by molar-refractivity contribution is 5.68. The van der Waals surface area contributed by atoms with Crippen LogP contribution in [0.25, 0.3) is 0 Å². The predicted octanol–water partition coefficient (Wildman–Crippen LogP) is 4.39. The molecular weight excluding hydrogens is 423 g/mol. The average Bonchev–Trinajstić information content (AvgIpc) is 2.73. The van der Waals surface area contributed by atoms with Gasteiger partial charge in [0.05, 0.1) is 9.85 Å². The molecule has 0 radical (unpaired) electrons. The highest BCUT2D eigenvalue weighted by atomic mass is 19.1. The maximum absolute atomic E-state index is 12.1. The van der Waals surface area contributed by atoms with Gasteiger partial charge in [-0.25, -0.2) is 9.18 Å². The van der Waals surface area contributed by atoms with Crippen LogP contribution in [-0.4, -0.2) is 52.6 Å². The minimum Gasteiger partial charge on any atom is -0.444 e. The fourth-order valence-corrected chi connectivity index (χ4v) is 2.82. The van der Waals surface area contributed by atoms with E-state index in [0.29, 0.717) is 26.2 Å². The van der Waals surface area contributed by atoms with Gasteiger partial charge in [-0.05, 0) is 45.0 Å². The molecule has 0 saturated carbocycles.